The number of fused-ring (bicyclic) bond motifs is 1. The second-order valence-corrected chi connectivity index (χ2v) is 6.84. The van der Waals surface area contributed by atoms with Crippen molar-refractivity contribution in [2.75, 3.05) is 20.2 Å². The molecule has 1 aromatic heterocycles. The normalized spacial score (nSPS) is 16.8. The lowest BCUT2D eigenvalue weighted by Crippen LogP contribution is -2.45. The summed E-state index contributed by atoms with van der Waals surface area (Å²) >= 11 is 1.70. The second-order valence-electron chi connectivity index (χ2n) is 5.55. The van der Waals surface area contributed by atoms with Gasteiger partial charge in [0.1, 0.15) is 17.7 Å². The van der Waals surface area contributed by atoms with E-state index in [-0.39, 0.29) is 6.10 Å². The highest BCUT2D eigenvalue weighted by Gasteiger charge is 2.20. The Balaban J connectivity index is 1.48. The molecule has 7 heteroatoms. The van der Waals surface area contributed by atoms with Crippen LogP contribution in [-0.2, 0) is 6.54 Å². The Kier molecular flexibility index (Phi) is 5.20. The quantitative estimate of drug-likeness (QED) is 0.657. The summed E-state index contributed by atoms with van der Waals surface area (Å²) in [6, 6.07) is 7.71. The highest BCUT2D eigenvalue weighted by atomic mass is 32.1. The summed E-state index contributed by atoms with van der Waals surface area (Å²) in [7, 11) is 1.75. The predicted octanol–water partition coefficient (Wildman–Crippen LogP) is 2.26. The smallest absolute Gasteiger partial charge is 0.191 e. The molecule has 2 aromatic rings. The molecule has 0 spiro atoms. The van der Waals surface area contributed by atoms with Crippen LogP contribution in [0.15, 0.2) is 29.3 Å². The Bertz CT molecular complexity index is 710. The lowest BCUT2D eigenvalue weighted by atomic mass is 10.2. The lowest BCUT2D eigenvalue weighted by molar-refractivity contribution is 0.0936. The number of aliphatic imine (C=N–C) groups is 1. The zero-order valence-electron chi connectivity index (χ0n) is 14.1. The molecule has 3 rings (SSSR count). The molecule has 1 unspecified atom stereocenters. The van der Waals surface area contributed by atoms with Crippen LogP contribution in [0.5, 0.6) is 11.5 Å². The average Bonchev–Trinajstić information content (AvgIpc) is 2.93. The van der Waals surface area contributed by atoms with E-state index in [4.69, 9.17) is 9.47 Å². The van der Waals surface area contributed by atoms with Gasteiger partial charge in [-0.25, -0.2) is 4.98 Å². The highest BCUT2D eigenvalue weighted by Crippen LogP contribution is 2.30. The largest absolute Gasteiger partial charge is 0.486 e. The number of aryl methyl sites for hydroxylation is 2. The summed E-state index contributed by atoms with van der Waals surface area (Å²) < 4.78 is 11.6. The molecule has 2 N–H and O–H groups in total. The minimum absolute atomic E-state index is 0.0530. The molecule has 1 aliphatic heterocycles. The van der Waals surface area contributed by atoms with Crippen LogP contribution in [0.1, 0.15) is 15.6 Å². The Hall–Kier alpha value is -2.28. The number of para-hydroxylation sites is 2. The van der Waals surface area contributed by atoms with Crippen LogP contribution in [-0.4, -0.2) is 37.2 Å². The number of ether oxygens (including phenoxy) is 2. The average molecular weight is 346 g/mol. The molecule has 0 bridgehead atoms. The first-order valence-corrected chi connectivity index (χ1v) is 8.73. The first kappa shape index (κ1) is 16.6. The van der Waals surface area contributed by atoms with E-state index in [0.717, 1.165) is 28.2 Å². The maximum absolute atomic E-state index is 5.93. The molecule has 24 heavy (non-hydrogen) atoms. The number of hydrogen-bond acceptors (Lipinski definition) is 5. The minimum Gasteiger partial charge on any atom is -0.486 e. The molecule has 128 valence electrons. The maximum atomic E-state index is 5.93. The van der Waals surface area contributed by atoms with E-state index in [1.54, 1.807) is 18.4 Å². The van der Waals surface area contributed by atoms with Gasteiger partial charge in [-0.3, -0.25) is 4.99 Å². The number of rotatable bonds is 4. The van der Waals surface area contributed by atoms with E-state index in [1.807, 2.05) is 31.2 Å². The van der Waals surface area contributed by atoms with Crippen molar-refractivity contribution in [3.8, 4) is 11.5 Å². The summed E-state index contributed by atoms with van der Waals surface area (Å²) in [4.78, 5) is 10.0. The molecule has 0 radical (unpaired) electrons. The molecule has 1 atom stereocenters. The molecular weight excluding hydrogens is 324 g/mol. The van der Waals surface area contributed by atoms with E-state index in [1.165, 1.54) is 4.88 Å². The van der Waals surface area contributed by atoms with Crippen LogP contribution in [0.4, 0.5) is 0 Å². The summed E-state index contributed by atoms with van der Waals surface area (Å²) in [5.74, 6) is 2.31. The van der Waals surface area contributed by atoms with Gasteiger partial charge in [-0.15, -0.1) is 11.3 Å². The van der Waals surface area contributed by atoms with Crippen molar-refractivity contribution >= 4 is 17.3 Å². The molecule has 0 fully saturated rings. The maximum Gasteiger partial charge on any atom is 0.191 e. The third-order valence-electron chi connectivity index (χ3n) is 3.77. The van der Waals surface area contributed by atoms with Gasteiger partial charge in [0.25, 0.3) is 0 Å². The lowest BCUT2D eigenvalue weighted by Gasteiger charge is -2.27. The fourth-order valence-electron chi connectivity index (χ4n) is 2.37. The zero-order chi connectivity index (χ0) is 16.9. The SMILES string of the molecule is CN=C(NCc1nc(C)c(C)s1)NCC1COc2ccccc2O1. The summed E-state index contributed by atoms with van der Waals surface area (Å²) in [6.45, 7) is 5.90. The van der Waals surface area contributed by atoms with Gasteiger partial charge in [0.15, 0.2) is 17.5 Å². The van der Waals surface area contributed by atoms with E-state index in [2.05, 4.69) is 27.5 Å². The highest BCUT2D eigenvalue weighted by molar-refractivity contribution is 7.11. The Morgan fingerprint density at radius 1 is 1.29 bits per heavy atom. The zero-order valence-corrected chi connectivity index (χ0v) is 14.9. The first-order valence-electron chi connectivity index (χ1n) is 7.91. The third kappa shape index (κ3) is 3.97. The van der Waals surface area contributed by atoms with Crippen LogP contribution >= 0.6 is 11.3 Å². The topological polar surface area (TPSA) is 67.8 Å². The summed E-state index contributed by atoms with van der Waals surface area (Å²) in [5, 5.41) is 7.60. The minimum atomic E-state index is -0.0530. The predicted molar refractivity (Wildman–Crippen MR) is 96.1 cm³/mol. The first-order chi connectivity index (χ1) is 11.7. The van der Waals surface area contributed by atoms with E-state index >= 15 is 0 Å². The second kappa shape index (κ2) is 7.53. The van der Waals surface area contributed by atoms with Gasteiger partial charge in [0.05, 0.1) is 18.8 Å². The van der Waals surface area contributed by atoms with Gasteiger partial charge < -0.3 is 20.1 Å². The van der Waals surface area contributed by atoms with Crippen molar-refractivity contribution < 1.29 is 9.47 Å². The third-order valence-corrected chi connectivity index (χ3v) is 4.84. The molecule has 0 aliphatic carbocycles. The number of benzene rings is 1. The number of thiazole rings is 1. The van der Waals surface area contributed by atoms with Crippen molar-refractivity contribution in [1.29, 1.82) is 0 Å². The fraction of sp³-hybridized carbons (Fsp3) is 0.412. The van der Waals surface area contributed by atoms with Gasteiger partial charge in [-0.05, 0) is 26.0 Å². The molecule has 2 heterocycles. The monoisotopic (exact) mass is 346 g/mol. The van der Waals surface area contributed by atoms with Crippen LogP contribution in [0.25, 0.3) is 0 Å². The Morgan fingerprint density at radius 3 is 2.79 bits per heavy atom. The van der Waals surface area contributed by atoms with Gasteiger partial charge in [-0.1, -0.05) is 12.1 Å². The van der Waals surface area contributed by atoms with Gasteiger partial charge in [0, 0.05) is 11.9 Å². The number of guanidine groups is 1. The number of aromatic nitrogens is 1. The number of nitrogens with one attached hydrogen (secondary N) is 2. The van der Waals surface area contributed by atoms with E-state index in [0.29, 0.717) is 19.7 Å². The Labute approximate surface area is 145 Å². The van der Waals surface area contributed by atoms with Crippen LogP contribution in [0.2, 0.25) is 0 Å². The van der Waals surface area contributed by atoms with Crippen LogP contribution in [0.3, 0.4) is 0 Å². The number of hydrogen-bond donors (Lipinski definition) is 2. The molecular formula is C17H22N4O2S. The number of nitrogens with zero attached hydrogens (tertiary/aromatic N) is 2. The van der Waals surface area contributed by atoms with Crippen molar-refractivity contribution in [2.45, 2.75) is 26.5 Å². The molecule has 1 aliphatic rings. The van der Waals surface area contributed by atoms with Crippen molar-refractivity contribution in [1.82, 2.24) is 15.6 Å². The van der Waals surface area contributed by atoms with Crippen LogP contribution in [0, 0.1) is 13.8 Å². The van der Waals surface area contributed by atoms with Crippen LogP contribution < -0.4 is 20.1 Å². The van der Waals surface area contributed by atoms with Crippen molar-refractivity contribution in [3.05, 3.63) is 39.8 Å². The van der Waals surface area contributed by atoms with Gasteiger partial charge in [-0.2, -0.15) is 0 Å². The summed E-state index contributed by atoms with van der Waals surface area (Å²) in [5.41, 5.74) is 1.09. The molecule has 0 saturated carbocycles. The molecule has 1 aromatic carbocycles. The molecule has 6 nitrogen and oxygen atoms in total. The summed E-state index contributed by atoms with van der Waals surface area (Å²) in [6.07, 6.45) is -0.0530. The Morgan fingerprint density at radius 2 is 2.08 bits per heavy atom. The fourth-order valence-corrected chi connectivity index (χ4v) is 3.24. The van der Waals surface area contributed by atoms with Gasteiger partial charge >= 0.3 is 0 Å². The van der Waals surface area contributed by atoms with E-state index < -0.39 is 0 Å². The van der Waals surface area contributed by atoms with Gasteiger partial charge in [0.2, 0.25) is 0 Å². The van der Waals surface area contributed by atoms with E-state index in [9.17, 15) is 0 Å². The van der Waals surface area contributed by atoms with Crippen molar-refractivity contribution in [2.24, 2.45) is 4.99 Å². The molecule has 0 amide bonds. The van der Waals surface area contributed by atoms with Crippen molar-refractivity contribution in [3.63, 3.8) is 0 Å². The molecule has 0 saturated heterocycles. The standard InChI is InChI=1S/C17H22N4O2S/c1-11-12(2)24-16(21-11)9-20-17(18-3)19-8-13-10-22-14-6-4-5-7-15(14)23-13/h4-7,13H,8-10H2,1-3H3,(H2,18,19,20).